The van der Waals surface area contributed by atoms with Gasteiger partial charge in [0.05, 0.1) is 11.3 Å². The first-order valence-electron chi connectivity index (χ1n) is 9.82. The van der Waals surface area contributed by atoms with Gasteiger partial charge in [-0.1, -0.05) is 23.4 Å². The van der Waals surface area contributed by atoms with Crippen LogP contribution in [0.25, 0.3) is 0 Å². The molecule has 2 aliphatic rings. The maximum Gasteiger partial charge on any atom is 0.335 e. The van der Waals surface area contributed by atoms with Crippen LogP contribution in [0.3, 0.4) is 0 Å². The summed E-state index contributed by atoms with van der Waals surface area (Å²) in [6, 6.07) is 4.83. The zero-order valence-electron chi connectivity index (χ0n) is 16.8. The molecule has 1 aromatic heterocycles. The molecule has 1 aromatic carbocycles. The molecule has 2 aromatic rings. The standard InChI is InChI=1S/C22H21N3O6/c1-25-18-10-14(22(28)29)7-8-19(18)30-12-17(21(25)27)23-20(26)16-11-15(31-24-16)9-13-5-3-2-4-6-13/h3,5-8,10-11,17H,2,4,9,12H2,1H3,(H,23,26)(H,28,29)/t17-/m0/s1. The molecule has 0 unspecified atom stereocenters. The normalized spacial score (nSPS) is 18.0. The van der Waals surface area contributed by atoms with Gasteiger partial charge in [0.1, 0.15) is 24.2 Å². The van der Waals surface area contributed by atoms with E-state index in [1.807, 2.05) is 6.08 Å². The van der Waals surface area contributed by atoms with Gasteiger partial charge < -0.3 is 24.6 Å². The van der Waals surface area contributed by atoms with Gasteiger partial charge in [0.25, 0.3) is 11.8 Å². The minimum Gasteiger partial charge on any atom is -0.489 e. The quantitative estimate of drug-likeness (QED) is 0.757. The van der Waals surface area contributed by atoms with Crippen molar-refractivity contribution in [3.63, 3.8) is 0 Å². The summed E-state index contributed by atoms with van der Waals surface area (Å²) in [6.07, 6.45) is 8.75. The second kappa shape index (κ2) is 8.47. The largest absolute Gasteiger partial charge is 0.489 e. The lowest BCUT2D eigenvalue weighted by Gasteiger charge is -2.20. The number of nitrogens with one attached hydrogen (secondary N) is 1. The molecule has 2 amide bonds. The zero-order valence-corrected chi connectivity index (χ0v) is 16.8. The minimum absolute atomic E-state index is 0.0301. The van der Waals surface area contributed by atoms with E-state index in [0.29, 0.717) is 23.6 Å². The SMILES string of the molecule is CN1C(=O)[C@@H](NC(=O)c2cc(CC3=CCCC=C3)on2)COc2ccc(C(=O)O)cc21. The topological polar surface area (TPSA) is 122 Å². The van der Waals surface area contributed by atoms with E-state index in [2.05, 4.69) is 22.6 Å². The van der Waals surface area contributed by atoms with Crippen molar-refractivity contribution in [1.82, 2.24) is 10.5 Å². The lowest BCUT2D eigenvalue weighted by molar-refractivity contribution is -0.120. The van der Waals surface area contributed by atoms with Crippen LogP contribution in [0.15, 0.2) is 52.6 Å². The summed E-state index contributed by atoms with van der Waals surface area (Å²) in [5.41, 5.74) is 1.52. The van der Waals surface area contributed by atoms with Crippen LogP contribution in [0, 0.1) is 0 Å². The van der Waals surface area contributed by atoms with E-state index >= 15 is 0 Å². The van der Waals surface area contributed by atoms with Gasteiger partial charge in [-0.15, -0.1) is 0 Å². The first-order chi connectivity index (χ1) is 14.9. The molecule has 2 N–H and O–H groups in total. The van der Waals surface area contributed by atoms with E-state index in [9.17, 15) is 19.5 Å². The van der Waals surface area contributed by atoms with Gasteiger partial charge in [-0.3, -0.25) is 9.59 Å². The number of anilines is 1. The Bertz CT molecular complexity index is 1100. The average Bonchev–Trinajstić information content (AvgIpc) is 3.20. The predicted octanol–water partition coefficient (Wildman–Crippen LogP) is 2.35. The van der Waals surface area contributed by atoms with E-state index in [1.54, 1.807) is 6.07 Å². The molecule has 0 spiro atoms. The van der Waals surface area contributed by atoms with Crippen molar-refractivity contribution in [2.24, 2.45) is 0 Å². The van der Waals surface area contributed by atoms with Crippen LogP contribution in [-0.2, 0) is 11.2 Å². The zero-order chi connectivity index (χ0) is 22.0. The second-order valence-electron chi connectivity index (χ2n) is 7.34. The Morgan fingerprint density at radius 2 is 2.13 bits per heavy atom. The summed E-state index contributed by atoms with van der Waals surface area (Å²) < 4.78 is 10.9. The average molecular weight is 423 g/mol. The van der Waals surface area contributed by atoms with E-state index in [4.69, 9.17) is 9.26 Å². The summed E-state index contributed by atoms with van der Waals surface area (Å²) in [4.78, 5) is 38.0. The number of rotatable bonds is 5. The van der Waals surface area contributed by atoms with E-state index in [1.165, 1.54) is 30.1 Å². The smallest absolute Gasteiger partial charge is 0.335 e. The molecule has 1 aliphatic heterocycles. The molecule has 0 fully saturated rings. The fourth-order valence-corrected chi connectivity index (χ4v) is 3.47. The minimum atomic E-state index is -1.11. The molecule has 0 bridgehead atoms. The number of ether oxygens (including phenoxy) is 1. The Kier molecular flexibility index (Phi) is 5.57. The van der Waals surface area contributed by atoms with Crippen molar-refractivity contribution in [2.45, 2.75) is 25.3 Å². The predicted molar refractivity (Wildman–Crippen MR) is 110 cm³/mol. The highest BCUT2D eigenvalue weighted by Crippen LogP contribution is 2.31. The fourth-order valence-electron chi connectivity index (χ4n) is 3.47. The van der Waals surface area contributed by atoms with Crippen LogP contribution in [0.1, 0.15) is 39.4 Å². The van der Waals surface area contributed by atoms with Gasteiger partial charge >= 0.3 is 5.97 Å². The van der Waals surface area contributed by atoms with Crippen LogP contribution in [0.5, 0.6) is 5.75 Å². The molecule has 9 heteroatoms. The molecule has 9 nitrogen and oxygen atoms in total. The third-order valence-corrected chi connectivity index (χ3v) is 5.15. The van der Waals surface area contributed by atoms with Crippen molar-refractivity contribution in [1.29, 1.82) is 0 Å². The maximum absolute atomic E-state index is 12.8. The summed E-state index contributed by atoms with van der Waals surface area (Å²) in [6.45, 7) is -0.100. The number of fused-ring (bicyclic) bond motifs is 1. The van der Waals surface area contributed by atoms with Gasteiger partial charge in [-0.05, 0) is 36.6 Å². The van der Waals surface area contributed by atoms with Crippen LogP contribution in [-0.4, -0.2) is 47.7 Å². The summed E-state index contributed by atoms with van der Waals surface area (Å²) in [5.74, 6) is -1.20. The first-order valence-corrected chi connectivity index (χ1v) is 9.82. The van der Waals surface area contributed by atoms with Gasteiger partial charge in [0.2, 0.25) is 0 Å². The first kappa shape index (κ1) is 20.4. The molecule has 0 saturated heterocycles. The number of hydrogen-bond acceptors (Lipinski definition) is 6. The van der Waals surface area contributed by atoms with Crippen LogP contribution in [0.4, 0.5) is 5.69 Å². The van der Waals surface area contributed by atoms with Crippen LogP contribution in [0.2, 0.25) is 0 Å². The van der Waals surface area contributed by atoms with Crippen molar-refractivity contribution >= 4 is 23.5 Å². The van der Waals surface area contributed by atoms with E-state index in [-0.39, 0.29) is 17.9 Å². The number of carboxylic acids is 1. The van der Waals surface area contributed by atoms with Gasteiger partial charge in [0.15, 0.2) is 5.69 Å². The van der Waals surface area contributed by atoms with E-state index in [0.717, 1.165) is 18.4 Å². The summed E-state index contributed by atoms with van der Waals surface area (Å²) >= 11 is 0. The highest BCUT2D eigenvalue weighted by molar-refractivity contribution is 6.03. The Labute approximate surface area is 178 Å². The molecule has 2 heterocycles. The number of hydrogen-bond donors (Lipinski definition) is 2. The monoisotopic (exact) mass is 423 g/mol. The second-order valence-corrected chi connectivity index (χ2v) is 7.34. The van der Waals surface area contributed by atoms with Gasteiger partial charge in [0, 0.05) is 19.5 Å². The third-order valence-electron chi connectivity index (χ3n) is 5.15. The number of aromatic nitrogens is 1. The number of allylic oxidation sites excluding steroid dienone is 4. The van der Waals surface area contributed by atoms with Crippen LogP contribution < -0.4 is 15.0 Å². The molecular weight excluding hydrogens is 402 g/mol. The van der Waals surface area contributed by atoms with Crippen molar-refractivity contribution in [2.75, 3.05) is 18.6 Å². The van der Waals surface area contributed by atoms with Gasteiger partial charge in [-0.25, -0.2) is 4.79 Å². The number of carbonyl (C=O) groups is 3. The molecular formula is C22H21N3O6. The Morgan fingerprint density at radius 1 is 1.29 bits per heavy atom. The number of aromatic carboxylic acids is 1. The van der Waals surface area contributed by atoms with Crippen molar-refractivity contribution < 1.29 is 28.8 Å². The van der Waals surface area contributed by atoms with Gasteiger partial charge in [-0.2, -0.15) is 0 Å². The summed E-state index contributed by atoms with van der Waals surface area (Å²) in [7, 11) is 1.50. The van der Waals surface area contributed by atoms with Crippen molar-refractivity contribution in [3.05, 3.63) is 65.1 Å². The number of carbonyl (C=O) groups excluding carboxylic acids is 2. The molecule has 4 rings (SSSR count). The highest BCUT2D eigenvalue weighted by atomic mass is 16.5. The summed E-state index contributed by atoms with van der Waals surface area (Å²) in [5, 5.41) is 15.6. The number of carboxylic acid groups (broad SMARTS) is 1. The lowest BCUT2D eigenvalue weighted by atomic mass is 10.0. The van der Waals surface area contributed by atoms with Crippen LogP contribution >= 0.6 is 0 Å². The molecule has 31 heavy (non-hydrogen) atoms. The molecule has 1 atom stereocenters. The Hall–Kier alpha value is -3.88. The Morgan fingerprint density at radius 3 is 2.87 bits per heavy atom. The molecule has 1 aliphatic carbocycles. The Balaban J connectivity index is 1.45. The maximum atomic E-state index is 12.8. The van der Waals surface area contributed by atoms with E-state index < -0.39 is 23.8 Å². The third kappa shape index (κ3) is 4.35. The fraction of sp³-hybridized carbons (Fsp3) is 0.273. The number of benzene rings is 1. The number of likely N-dealkylation sites (N-methyl/N-ethyl adjacent to an activating group) is 1. The number of amides is 2. The number of nitrogens with zero attached hydrogens (tertiary/aromatic N) is 2. The molecule has 0 radical (unpaired) electrons. The molecule has 0 saturated carbocycles. The molecule has 160 valence electrons. The lowest BCUT2D eigenvalue weighted by Crippen LogP contribution is -2.49. The highest BCUT2D eigenvalue weighted by Gasteiger charge is 2.32. The van der Waals surface area contributed by atoms with Crippen molar-refractivity contribution in [3.8, 4) is 5.75 Å².